The molecule has 1 heterocycles. The quantitative estimate of drug-likeness (QED) is 0.818. The fraction of sp³-hybridized carbons (Fsp3) is 0.600. The van der Waals surface area contributed by atoms with Crippen LogP contribution in [0.25, 0.3) is 0 Å². The number of nitrogens with two attached hydrogens (primary N) is 1. The summed E-state index contributed by atoms with van der Waals surface area (Å²) in [5.74, 6) is 1.44. The molecule has 0 aliphatic carbocycles. The van der Waals surface area contributed by atoms with Gasteiger partial charge in [-0.3, -0.25) is 4.90 Å². The molecule has 0 aliphatic heterocycles. The van der Waals surface area contributed by atoms with E-state index in [0.717, 1.165) is 11.3 Å². The zero-order valence-corrected chi connectivity index (χ0v) is 8.96. The Bertz CT molecular complexity index is 312. The second kappa shape index (κ2) is 5.23. The molecule has 0 saturated carbocycles. The Kier molecular flexibility index (Phi) is 4.23. The Hall–Kier alpha value is -0.940. The number of furan rings is 1. The zero-order chi connectivity index (χ0) is 11.4. The highest BCUT2D eigenvalue weighted by atomic mass is 19.3. The van der Waals surface area contributed by atoms with Crippen molar-refractivity contribution in [1.82, 2.24) is 4.90 Å². The van der Waals surface area contributed by atoms with Gasteiger partial charge in [-0.15, -0.1) is 0 Å². The molecular formula is C10H16F2N2O. The van der Waals surface area contributed by atoms with E-state index in [1.54, 1.807) is 7.05 Å². The van der Waals surface area contributed by atoms with Crippen LogP contribution in [0.1, 0.15) is 17.1 Å². The minimum atomic E-state index is -2.32. The maximum Gasteiger partial charge on any atom is 0.251 e. The van der Waals surface area contributed by atoms with Gasteiger partial charge in [-0.25, -0.2) is 8.78 Å². The molecule has 86 valence electrons. The third-order valence-electron chi connectivity index (χ3n) is 2.17. The molecule has 0 atom stereocenters. The highest BCUT2D eigenvalue weighted by Gasteiger charge is 2.11. The molecule has 0 fully saturated rings. The van der Waals surface area contributed by atoms with Crippen LogP contribution in [0.4, 0.5) is 8.78 Å². The van der Waals surface area contributed by atoms with Gasteiger partial charge in [0.05, 0.1) is 13.1 Å². The lowest BCUT2D eigenvalue weighted by atomic mass is 10.2. The Balaban J connectivity index is 2.56. The first-order valence-corrected chi connectivity index (χ1v) is 4.78. The molecule has 2 N–H and O–H groups in total. The number of rotatable bonds is 5. The highest BCUT2D eigenvalue weighted by Crippen LogP contribution is 2.15. The van der Waals surface area contributed by atoms with Crippen LogP contribution in [-0.2, 0) is 13.1 Å². The van der Waals surface area contributed by atoms with Gasteiger partial charge in [0, 0.05) is 12.1 Å². The average molecular weight is 218 g/mol. The summed E-state index contributed by atoms with van der Waals surface area (Å²) in [7, 11) is 1.63. The molecular weight excluding hydrogens is 202 g/mol. The van der Waals surface area contributed by atoms with Crippen molar-refractivity contribution in [2.24, 2.45) is 5.73 Å². The number of halogens is 2. The van der Waals surface area contributed by atoms with Gasteiger partial charge in [-0.1, -0.05) is 0 Å². The summed E-state index contributed by atoms with van der Waals surface area (Å²) in [6.45, 7) is 2.36. The molecule has 0 amide bonds. The Morgan fingerprint density at radius 2 is 2.20 bits per heavy atom. The fourth-order valence-electron chi connectivity index (χ4n) is 1.43. The minimum absolute atomic E-state index is 0.252. The predicted octanol–water partition coefficient (Wildman–Crippen LogP) is 1.74. The van der Waals surface area contributed by atoms with Crippen molar-refractivity contribution >= 4 is 0 Å². The predicted molar refractivity (Wildman–Crippen MR) is 53.7 cm³/mol. The lowest BCUT2D eigenvalue weighted by Crippen LogP contribution is -2.23. The molecule has 0 unspecified atom stereocenters. The number of nitrogens with zero attached hydrogens (tertiary/aromatic N) is 1. The van der Waals surface area contributed by atoms with Gasteiger partial charge in [0.15, 0.2) is 0 Å². The molecule has 1 aromatic rings. The average Bonchev–Trinajstić information content (AvgIpc) is 2.44. The standard InChI is InChI=1S/C10H16F2N2O/c1-7-8(4-13)3-9(15-7)5-14(2)6-10(11)12/h3,10H,4-6,13H2,1-2H3. The van der Waals surface area contributed by atoms with Crippen molar-refractivity contribution in [3.63, 3.8) is 0 Å². The zero-order valence-electron chi connectivity index (χ0n) is 8.96. The van der Waals surface area contributed by atoms with Crippen LogP contribution in [0.2, 0.25) is 0 Å². The van der Waals surface area contributed by atoms with E-state index < -0.39 is 6.43 Å². The molecule has 0 saturated heterocycles. The molecule has 3 nitrogen and oxygen atoms in total. The van der Waals surface area contributed by atoms with Gasteiger partial charge < -0.3 is 10.2 Å². The summed E-state index contributed by atoms with van der Waals surface area (Å²) in [5, 5.41) is 0. The summed E-state index contributed by atoms with van der Waals surface area (Å²) in [5.41, 5.74) is 6.41. The largest absolute Gasteiger partial charge is 0.465 e. The van der Waals surface area contributed by atoms with Crippen molar-refractivity contribution in [2.45, 2.75) is 26.4 Å². The smallest absolute Gasteiger partial charge is 0.251 e. The number of aryl methyl sites for hydroxylation is 1. The van der Waals surface area contributed by atoms with E-state index in [1.165, 1.54) is 4.90 Å². The van der Waals surface area contributed by atoms with Crippen molar-refractivity contribution in [2.75, 3.05) is 13.6 Å². The molecule has 0 bridgehead atoms. The van der Waals surface area contributed by atoms with Crippen molar-refractivity contribution < 1.29 is 13.2 Å². The van der Waals surface area contributed by atoms with Crippen LogP contribution in [0.5, 0.6) is 0 Å². The van der Waals surface area contributed by atoms with Gasteiger partial charge >= 0.3 is 0 Å². The van der Waals surface area contributed by atoms with E-state index >= 15 is 0 Å². The van der Waals surface area contributed by atoms with Gasteiger partial charge in [0.2, 0.25) is 0 Å². The Labute approximate surface area is 87.8 Å². The van der Waals surface area contributed by atoms with E-state index in [1.807, 2.05) is 13.0 Å². The summed E-state index contributed by atoms with van der Waals surface area (Å²) >= 11 is 0. The first kappa shape index (κ1) is 12.1. The number of alkyl halides is 2. The lowest BCUT2D eigenvalue weighted by molar-refractivity contribution is 0.0945. The van der Waals surface area contributed by atoms with E-state index in [-0.39, 0.29) is 6.54 Å². The third-order valence-corrected chi connectivity index (χ3v) is 2.17. The van der Waals surface area contributed by atoms with Crippen LogP contribution >= 0.6 is 0 Å². The van der Waals surface area contributed by atoms with Crippen molar-refractivity contribution in [1.29, 1.82) is 0 Å². The van der Waals surface area contributed by atoms with Crippen molar-refractivity contribution in [3.8, 4) is 0 Å². The van der Waals surface area contributed by atoms with E-state index in [4.69, 9.17) is 10.2 Å². The van der Waals surface area contributed by atoms with E-state index in [2.05, 4.69) is 0 Å². The number of hydrogen-bond acceptors (Lipinski definition) is 3. The van der Waals surface area contributed by atoms with Gasteiger partial charge in [-0.2, -0.15) is 0 Å². The van der Waals surface area contributed by atoms with Crippen molar-refractivity contribution in [3.05, 3.63) is 23.2 Å². The topological polar surface area (TPSA) is 42.4 Å². The maximum absolute atomic E-state index is 12.0. The Morgan fingerprint density at radius 1 is 1.53 bits per heavy atom. The van der Waals surface area contributed by atoms with Crippen LogP contribution in [0.15, 0.2) is 10.5 Å². The van der Waals surface area contributed by atoms with Gasteiger partial charge in [0.1, 0.15) is 11.5 Å². The van der Waals surface area contributed by atoms with Gasteiger partial charge in [0.25, 0.3) is 6.43 Å². The molecule has 1 aromatic heterocycles. The molecule has 0 aliphatic rings. The highest BCUT2D eigenvalue weighted by molar-refractivity contribution is 5.20. The third kappa shape index (κ3) is 3.60. The van der Waals surface area contributed by atoms with E-state index in [0.29, 0.717) is 18.8 Å². The molecule has 15 heavy (non-hydrogen) atoms. The molecule has 5 heteroatoms. The monoisotopic (exact) mass is 218 g/mol. The molecule has 0 aromatic carbocycles. The SMILES string of the molecule is Cc1oc(CN(C)CC(F)F)cc1CN. The normalized spacial score (nSPS) is 11.7. The summed E-state index contributed by atoms with van der Waals surface area (Å²) in [4.78, 5) is 1.52. The van der Waals surface area contributed by atoms with Gasteiger partial charge in [-0.05, 0) is 20.0 Å². The molecule has 0 radical (unpaired) electrons. The van der Waals surface area contributed by atoms with Crippen LogP contribution in [-0.4, -0.2) is 24.9 Å². The van der Waals surface area contributed by atoms with E-state index in [9.17, 15) is 8.78 Å². The summed E-state index contributed by atoms with van der Waals surface area (Å²) < 4.78 is 29.5. The molecule has 0 spiro atoms. The fourth-order valence-corrected chi connectivity index (χ4v) is 1.43. The summed E-state index contributed by atoms with van der Waals surface area (Å²) in [6.07, 6.45) is -2.32. The second-order valence-electron chi connectivity index (χ2n) is 3.59. The first-order chi connectivity index (χ1) is 7.02. The molecule has 1 rings (SSSR count). The minimum Gasteiger partial charge on any atom is -0.465 e. The van der Waals surface area contributed by atoms with Crippen LogP contribution in [0.3, 0.4) is 0 Å². The van der Waals surface area contributed by atoms with Crippen LogP contribution in [0, 0.1) is 6.92 Å². The maximum atomic E-state index is 12.0. The number of hydrogen-bond donors (Lipinski definition) is 1. The van der Waals surface area contributed by atoms with Crippen LogP contribution < -0.4 is 5.73 Å². The second-order valence-corrected chi connectivity index (χ2v) is 3.59. The lowest BCUT2D eigenvalue weighted by Gasteiger charge is -2.13. The Morgan fingerprint density at radius 3 is 2.67 bits per heavy atom. The summed E-state index contributed by atoms with van der Waals surface area (Å²) in [6, 6.07) is 1.82. The first-order valence-electron chi connectivity index (χ1n) is 4.78.